The Morgan fingerprint density at radius 1 is 1.17 bits per heavy atom. The maximum absolute atomic E-state index is 12.1. The van der Waals surface area contributed by atoms with E-state index in [1.165, 1.54) is 26.6 Å². The summed E-state index contributed by atoms with van der Waals surface area (Å²) in [6, 6.07) is 3.24. The minimum absolute atomic E-state index is 0.373. The summed E-state index contributed by atoms with van der Waals surface area (Å²) < 4.78 is 16.9. The molecule has 0 saturated carbocycles. The van der Waals surface area contributed by atoms with Gasteiger partial charge in [-0.2, -0.15) is 9.78 Å². The lowest BCUT2D eigenvalue weighted by molar-refractivity contribution is 0.0514. The van der Waals surface area contributed by atoms with Crippen LogP contribution < -0.4 is 9.47 Å². The molecular weight excluding hydrogens is 312 g/mol. The highest BCUT2D eigenvalue weighted by Crippen LogP contribution is 2.35. The highest BCUT2D eigenvalue weighted by Gasteiger charge is 2.20. The zero-order valence-electron chi connectivity index (χ0n) is 14.3. The third-order valence-corrected chi connectivity index (χ3v) is 3.15. The van der Waals surface area contributed by atoms with E-state index in [4.69, 9.17) is 14.2 Å². The molecule has 2 aromatic rings. The van der Waals surface area contributed by atoms with E-state index in [1.54, 1.807) is 32.9 Å². The molecule has 1 heterocycles. The Kier molecular flexibility index (Phi) is 4.92. The lowest BCUT2D eigenvalue weighted by Gasteiger charge is -2.18. The van der Waals surface area contributed by atoms with Gasteiger partial charge in [0.15, 0.2) is 6.29 Å². The molecule has 2 rings (SSSR count). The third-order valence-electron chi connectivity index (χ3n) is 3.15. The van der Waals surface area contributed by atoms with Crippen LogP contribution in [-0.2, 0) is 4.74 Å². The highest BCUT2D eigenvalue weighted by atomic mass is 16.6. The number of benzene rings is 1. The van der Waals surface area contributed by atoms with Crippen molar-refractivity contribution in [1.82, 2.24) is 9.78 Å². The Labute approximate surface area is 140 Å². The number of nitrogens with zero attached hydrogens (tertiary/aromatic N) is 2. The lowest BCUT2D eigenvalue weighted by atomic mass is 10.0. The first-order valence-corrected chi connectivity index (χ1v) is 7.28. The molecule has 0 bridgehead atoms. The average molecular weight is 332 g/mol. The maximum atomic E-state index is 12.1. The van der Waals surface area contributed by atoms with E-state index in [-0.39, 0.29) is 0 Å². The van der Waals surface area contributed by atoms with Crippen LogP contribution in [-0.4, -0.2) is 42.0 Å². The monoisotopic (exact) mass is 332 g/mol. The van der Waals surface area contributed by atoms with Gasteiger partial charge >= 0.3 is 6.09 Å². The van der Waals surface area contributed by atoms with Crippen molar-refractivity contribution in [2.75, 3.05) is 14.2 Å². The Hall–Kier alpha value is -2.83. The molecule has 0 fully saturated rings. The largest absolute Gasteiger partial charge is 0.496 e. The van der Waals surface area contributed by atoms with Gasteiger partial charge in [0.05, 0.1) is 26.0 Å². The van der Waals surface area contributed by atoms with E-state index >= 15 is 0 Å². The molecule has 0 aliphatic carbocycles. The van der Waals surface area contributed by atoms with Crippen LogP contribution >= 0.6 is 0 Å². The van der Waals surface area contributed by atoms with Gasteiger partial charge in [-0.05, 0) is 26.8 Å². The summed E-state index contributed by atoms with van der Waals surface area (Å²) in [7, 11) is 2.99. The van der Waals surface area contributed by atoms with Gasteiger partial charge in [0.25, 0.3) is 0 Å². The predicted octanol–water partition coefficient (Wildman–Crippen LogP) is 3.16. The highest BCUT2D eigenvalue weighted by molar-refractivity contribution is 5.85. The summed E-state index contributed by atoms with van der Waals surface area (Å²) in [6.07, 6.45) is 3.13. The fraction of sp³-hybridized carbons (Fsp3) is 0.353. The molecule has 1 aromatic heterocycles. The molecule has 0 radical (unpaired) electrons. The van der Waals surface area contributed by atoms with Crippen LogP contribution in [0, 0.1) is 0 Å². The molecule has 24 heavy (non-hydrogen) atoms. The molecular formula is C17H20N2O5. The van der Waals surface area contributed by atoms with E-state index in [0.717, 1.165) is 4.68 Å². The van der Waals surface area contributed by atoms with Crippen molar-refractivity contribution in [3.8, 4) is 22.6 Å². The van der Waals surface area contributed by atoms with Crippen molar-refractivity contribution in [1.29, 1.82) is 0 Å². The number of hydrogen-bond acceptors (Lipinski definition) is 6. The first kappa shape index (κ1) is 17.5. The summed E-state index contributed by atoms with van der Waals surface area (Å²) in [5.41, 5.74) is 0.989. The molecule has 0 aliphatic heterocycles. The zero-order chi connectivity index (χ0) is 17.9. The SMILES string of the molecule is COc1cc(OC)c(-c2cnn(C(=O)OC(C)(C)C)c2)cc1C=O. The fourth-order valence-corrected chi connectivity index (χ4v) is 2.11. The molecule has 7 heteroatoms. The number of ether oxygens (including phenoxy) is 3. The van der Waals surface area contributed by atoms with Crippen LogP contribution in [0.5, 0.6) is 11.5 Å². The van der Waals surface area contributed by atoms with Gasteiger partial charge in [-0.15, -0.1) is 0 Å². The topological polar surface area (TPSA) is 79.7 Å². The number of rotatable bonds is 4. The fourth-order valence-electron chi connectivity index (χ4n) is 2.11. The Morgan fingerprint density at radius 3 is 2.38 bits per heavy atom. The molecule has 7 nitrogen and oxygen atoms in total. The second-order valence-corrected chi connectivity index (χ2v) is 6.07. The third kappa shape index (κ3) is 3.73. The predicted molar refractivity (Wildman–Crippen MR) is 87.8 cm³/mol. The Bertz CT molecular complexity index is 759. The van der Waals surface area contributed by atoms with Gasteiger partial charge in [-0.25, -0.2) is 4.79 Å². The van der Waals surface area contributed by atoms with Gasteiger partial charge in [0, 0.05) is 23.4 Å². The minimum Gasteiger partial charge on any atom is -0.496 e. The number of carbonyl (C=O) groups is 2. The van der Waals surface area contributed by atoms with Gasteiger partial charge in [0.2, 0.25) is 0 Å². The standard InChI is InChI=1S/C17H20N2O5/c1-17(2,3)24-16(21)19-9-12(8-18-19)13-6-11(10-20)14(22-4)7-15(13)23-5/h6-10H,1-5H3. The first-order chi connectivity index (χ1) is 11.3. The van der Waals surface area contributed by atoms with Crippen molar-refractivity contribution in [2.24, 2.45) is 0 Å². The van der Waals surface area contributed by atoms with Crippen molar-refractivity contribution >= 4 is 12.4 Å². The normalized spacial score (nSPS) is 11.0. The second kappa shape index (κ2) is 6.74. The summed E-state index contributed by atoms with van der Waals surface area (Å²) in [5.74, 6) is 0.909. The number of hydrogen-bond donors (Lipinski definition) is 0. The quantitative estimate of drug-likeness (QED) is 0.800. The first-order valence-electron chi connectivity index (χ1n) is 7.28. The van der Waals surface area contributed by atoms with E-state index in [9.17, 15) is 9.59 Å². The van der Waals surface area contributed by atoms with Gasteiger partial charge in [-0.1, -0.05) is 0 Å². The zero-order valence-corrected chi connectivity index (χ0v) is 14.3. The van der Waals surface area contributed by atoms with E-state index in [1.807, 2.05) is 0 Å². The van der Waals surface area contributed by atoms with Crippen LogP contribution in [0.2, 0.25) is 0 Å². The summed E-state index contributed by atoms with van der Waals surface area (Å²) in [6.45, 7) is 5.33. The number of carbonyl (C=O) groups excluding carboxylic acids is 2. The second-order valence-electron chi connectivity index (χ2n) is 6.07. The van der Waals surface area contributed by atoms with Crippen LogP contribution in [0.15, 0.2) is 24.5 Å². The summed E-state index contributed by atoms with van der Waals surface area (Å²) >= 11 is 0. The number of aromatic nitrogens is 2. The Balaban J connectivity index is 2.42. The van der Waals surface area contributed by atoms with Gasteiger partial charge < -0.3 is 14.2 Å². The van der Waals surface area contributed by atoms with Crippen LogP contribution in [0.1, 0.15) is 31.1 Å². The molecule has 0 N–H and O–H groups in total. The molecule has 0 saturated heterocycles. The van der Waals surface area contributed by atoms with Crippen molar-refractivity contribution in [3.63, 3.8) is 0 Å². The van der Waals surface area contributed by atoms with Crippen LogP contribution in [0.4, 0.5) is 4.79 Å². The average Bonchev–Trinajstić information content (AvgIpc) is 3.01. The molecule has 1 aromatic carbocycles. The van der Waals surface area contributed by atoms with Gasteiger partial charge in [0.1, 0.15) is 17.1 Å². The molecule has 0 atom stereocenters. The molecule has 0 aliphatic rings. The molecule has 0 unspecified atom stereocenters. The summed E-state index contributed by atoms with van der Waals surface area (Å²) in [5, 5.41) is 4.02. The molecule has 0 spiro atoms. The van der Waals surface area contributed by atoms with Crippen LogP contribution in [0.3, 0.4) is 0 Å². The Morgan fingerprint density at radius 2 is 1.83 bits per heavy atom. The van der Waals surface area contributed by atoms with E-state index in [0.29, 0.717) is 34.5 Å². The maximum Gasteiger partial charge on any atom is 0.435 e. The van der Waals surface area contributed by atoms with Crippen molar-refractivity contribution in [3.05, 3.63) is 30.1 Å². The molecule has 128 valence electrons. The van der Waals surface area contributed by atoms with Crippen LogP contribution in [0.25, 0.3) is 11.1 Å². The lowest BCUT2D eigenvalue weighted by Crippen LogP contribution is -2.27. The van der Waals surface area contributed by atoms with E-state index < -0.39 is 11.7 Å². The smallest absolute Gasteiger partial charge is 0.435 e. The van der Waals surface area contributed by atoms with Gasteiger partial charge in [-0.3, -0.25) is 4.79 Å². The number of aldehydes is 1. The van der Waals surface area contributed by atoms with Crippen molar-refractivity contribution in [2.45, 2.75) is 26.4 Å². The van der Waals surface area contributed by atoms with Crippen molar-refractivity contribution < 1.29 is 23.8 Å². The molecule has 0 amide bonds. The summed E-state index contributed by atoms with van der Waals surface area (Å²) in [4.78, 5) is 23.3. The number of methoxy groups -OCH3 is 2. The van der Waals surface area contributed by atoms with E-state index in [2.05, 4.69) is 5.10 Å². The minimum atomic E-state index is -0.619.